The highest BCUT2D eigenvalue weighted by Gasteiger charge is 2.18. The average Bonchev–Trinajstić information content (AvgIpc) is 2.55. The molecular weight excluding hydrogens is 318 g/mol. The Morgan fingerprint density at radius 2 is 1.87 bits per heavy atom. The van der Waals surface area contributed by atoms with Crippen LogP contribution in [0.15, 0.2) is 47.4 Å². The first-order chi connectivity index (χ1) is 11.0. The van der Waals surface area contributed by atoms with Gasteiger partial charge in [-0.1, -0.05) is 18.2 Å². The molecule has 6 heteroatoms. The van der Waals surface area contributed by atoms with Crippen molar-refractivity contribution in [2.75, 3.05) is 19.8 Å². The van der Waals surface area contributed by atoms with Gasteiger partial charge in [-0.2, -0.15) is 0 Å². The average molecular weight is 336 g/mol. The van der Waals surface area contributed by atoms with Gasteiger partial charge in [0.2, 0.25) is 5.91 Å². The summed E-state index contributed by atoms with van der Waals surface area (Å²) in [6.07, 6.45) is 1.95. The second-order valence-electron chi connectivity index (χ2n) is 4.98. The van der Waals surface area contributed by atoms with Gasteiger partial charge in [0.25, 0.3) is 0 Å². The quantitative estimate of drug-likeness (QED) is 0.797. The molecule has 2 rings (SSSR count). The molecule has 0 aliphatic carbocycles. The van der Waals surface area contributed by atoms with Gasteiger partial charge in [-0.05, 0) is 48.7 Å². The summed E-state index contributed by atoms with van der Waals surface area (Å²) < 4.78 is 26.8. The van der Waals surface area contributed by atoms with Gasteiger partial charge in [0.05, 0.1) is 12.6 Å². The Morgan fingerprint density at radius 3 is 2.52 bits per heavy atom. The van der Waals surface area contributed by atoms with Crippen LogP contribution in [-0.2, 0) is 4.79 Å². The van der Waals surface area contributed by atoms with Crippen molar-refractivity contribution in [3.63, 3.8) is 0 Å². The minimum Gasteiger partial charge on any atom is -0.344 e. The summed E-state index contributed by atoms with van der Waals surface area (Å²) in [5.74, 6) is -2.07. The molecule has 2 N–H and O–H groups in total. The lowest BCUT2D eigenvalue weighted by molar-refractivity contribution is -0.120. The predicted octanol–water partition coefficient (Wildman–Crippen LogP) is 3.11. The van der Waals surface area contributed by atoms with E-state index < -0.39 is 17.7 Å². The molecule has 0 fully saturated rings. The Bertz CT molecular complexity index is 694. The van der Waals surface area contributed by atoms with Crippen molar-refractivity contribution in [3.8, 4) is 0 Å². The van der Waals surface area contributed by atoms with E-state index in [1.165, 1.54) is 6.07 Å². The third-order valence-electron chi connectivity index (χ3n) is 3.35. The first-order valence-electron chi connectivity index (χ1n) is 7.08. The molecule has 0 aromatic heterocycles. The summed E-state index contributed by atoms with van der Waals surface area (Å²) in [7, 11) is 1.67. The maximum Gasteiger partial charge on any atom is 0.234 e. The standard InChI is InChI=1S/C17H18F2N2OS/c1-20-10-16(22)21-17(11-4-3-5-13(8-11)23-2)12-6-7-14(18)15(19)9-12/h3-9,17,20H,10H2,1-2H3,(H,21,22). The van der Waals surface area contributed by atoms with E-state index in [1.807, 2.05) is 30.5 Å². The van der Waals surface area contributed by atoms with E-state index in [0.29, 0.717) is 5.56 Å². The van der Waals surface area contributed by atoms with Crippen molar-refractivity contribution in [3.05, 3.63) is 65.2 Å². The van der Waals surface area contributed by atoms with Gasteiger partial charge in [-0.15, -0.1) is 11.8 Å². The summed E-state index contributed by atoms with van der Waals surface area (Å²) in [5, 5.41) is 5.62. The zero-order chi connectivity index (χ0) is 16.8. The second kappa shape index (κ2) is 8.08. The van der Waals surface area contributed by atoms with Crippen molar-refractivity contribution in [1.29, 1.82) is 0 Å². The van der Waals surface area contributed by atoms with Crippen LogP contribution in [-0.4, -0.2) is 25.8 Å². The fourth-order valence-corrected chi connectivity index (χ4v) is 2.71. The van der Waals surface area contributed by atoms with Crippen LogP contribution in [0.1, 0.15) is 17.2 Å². The van der Waals surface area contributed by atoms with Crippen molar-refractivity contribution in [2.24, 2.45) is 0 Å². The van der Waals surface area contributed by atoms with Crippen molar-refractivity contribution < 1.29 is 13.6 Å². The van der Waals surface area contributed by atoms with Crippen LogP contribution < -0.4 is 10.6 Å². The van der Waals surface area contributed by atoms with Crippen LogP contribution in [0.3, 0.4) is 0 Å². The molecule has 0 spiro atoms. The Hall–Kier alpha value is -1.92. The highest BCUT2D eigenvalue weighted by atomic mass is 32.2. The highest BCUT2D eigenvalue weighted by molar-refractivity contribution is 7.98. The van der Waals surface area contributed by atoms with E-state index in [1.54, 1.807) is 18.8 Å². The zero-order valence-electron chi connectivity index (χ0n) is 12.9. The number of carbonyl (C=O) groups is 1. The molecular formula is C17H18F2N2OS. The number of benzene rings is 2. The number of hydrogen-bond acceptors (Lipinski definition) is 3. The maximum absolute atomic E-state index is 13.6. The van der Waals surface area contributed by atoms with Crippen molar-refractivity contribution >= 4 is 17.7 Å². The van der Waals surface area contributed by atoms with Crippen LogP contribution in [0.5, 0.6) is 0 Å². The summed E-state index contributed by atoms with van der Waals surface area (Å²) in [6, 6.07) is 10.7. The van der Waals surface area contributed by atoms with Gasteiger partial charge in [0.1, 0.15) is 0 Å². The zero-order valence-corrected chi connectivity index (χ0v) is 13.7. The molecule has 1 atom stereocenters. The molecule has 0 bridgehead atoms. The first-order valence-corrected chi connectivity index (χ1v) is 8.30. The lowest BCUT2D eigenvalue weighted by atomic mass is 9.98. The monoisotopic (exact) mass is 336 g/mol. The Morgan fingerprint density at radius 1 is 1.13 bits per heavy atom. The molecule has 122 valence electrons. The molecule has 3 nitrogen and oxygen atoms in total. The van der Waals surface area contributed by atoms with Crippen molar-refractivity contribution in [2.45, 2.75) is 10.9 Å². The van der Waals surface area contributed by atoms with Crippen LogP contribution in [0.4, 0.5) is 8.78 Å². The number of likely N-dealkylation sites (N-methyl/N-ethyl adjacent to an activating group) is 1. The van der Waals surface area contributed by atoms with Crippen LogP contribution in [0.25, 0.3) is 0 Å². The van der Waals surface area contributed by atoms with Crippen LogP contribution in [0, 0.1) is 11.6 Å². The fraction of sp³-hybridized carbons (Fsp3) is 0.235. The number of nitrogens with one attached hydrogen (secondary N) is 2. The van der Waals surface area contributed by atoms with Gasteiger partial charge in [0.15, 0.2) is 11.6 Å². The van der Waals surface area contributed by atoms with E-state index in [2.05, 4.69) is 10.6 Å². The Balaban J connectivity index is 2.41. The number of rotatable bonds is 6. The lowest BCUT2D eigenvalue weighted by Gasteiger charge is -2.20. The molecule has 0 aliphatic rings. The van der Waals surface area contributed by atoms with E-state index in [-0.39, 0.29) is 12.5 Å². The van der Waals surface area contributed by atoms with Crippen LogP contribution >= 0.6 is 11.8 Å². The topological polar surface area (TPSA) is 41.1 Å². The molecule has 1 amide bonds. The number of carbonyl (C=O) groups excluding carboxylic acids is 1. The molecule has 0 saturated heterocycles. The molecule has 0 radical (unpaired) electrons. The van der Waals surface area contributed by atoms with Gasteiger partial charge >= 0.3 is 0 Å². The largest absolute Gasteiger partial charge is 0.344 e. The third-order valence-corrected chi connectivity index (χ3v) is 4.07. The third kappa shape index (κ3) is 4.53. The molecule has 2 aromatic carbocycles. The normalized spacial score (nSPS) is 12.0. The van der Waals surface area contributed by atoms with E-state index in [9.17, 15) is 13.6 Å². The molecule has 0 heterocycles. The summed E-state index contributed by atoms with van der Waals surface area (Å²) in [5.41, 5.74) is 1.30. The molecule has 23 heavy (non-hydrogen) atoms. The van der Waals surface area contributed by atoms with Gasteiger partial charge in [0, 0.05) is 4.90 Å². The SMILES string of the molecule is CNCC(=O)NC(c1cccc(SC)c1)c1ccc(F)c(F)c1. The second-order valence-corrected chi connectivity index (χ2v) is 5.86. The smallest absolute Gasteiger partial charge is 0.234 e. The van der Waals surface area contributed by atoms with Gasteiger partial charge in [-0.25, -0.2) is 8.78 Å². The number of thioether (sulfide) groups is 1. The highest BCUT2D eigenvalue weighted by Crippen LogP contribution is 2.26. The molecule has 2 aromatic rings. The Kier molecular flexibility index (Phi) is 6.12. The summed E-state index contributed by atoms with van der Waals surface area (Å²) in [4.78, 5) is 13.0. The minimum atomic E-state index is -0.934. The minimum absolute atomic E-state index is 0.141. The van der Waals surface area contributed by atoms with Gasteiger partial charge in [-0.3, -0.25) is 4.79 Å². The molecule has 0 saturated carbocycles. The summed E-state index contributed by atoms with van der Waals surface area (Å²) in [6.45, 7) is 0.141. The summed E-state index contributed by atoms with van der Waals surface area (Å²) >= 11 is 1.57. The van der Waals surface area contributed by atoms with E-state index in [4.69, 9.17) is 0 Å². The van der Waals surface area contributed by atoms with Crippen molar-refractivity contribution in [1.82, 2.24) is 10.6 Å². The molecule has 0 aliphatic heterocycles. The number of amides is 1. The van der Waals surface area contributed by atoms with E-state index in [0.717, 1.165) is 22.6 Å². The first kappa shape index (κ1) is 17.4. The predicted molar refractivity (Wildman–Crippen MR) is 88.5 cm³/mol. The maximum atomic E-state index is 13.6. The molecule has 1 unspecified atom stereocenters. The van der Waals surface area contributed by atoms with E-state index >= 15 is 0 Å². The fourth-order valence-electron chi connectivity index (χ4n) is 2.24. The lowest BCUT2D eigenvalue weighted by Crippen LogP contribution is -2.35. The number of halogens is 2. The van der Waals surface area contributed by atoms with Crippen LogP contribution in [0.2, 0.25) is 0 Å². The van der Waals surface area contributed by atoms with Gasteiger partial charge < -0.3 is 10.6 Å². The Labute approximate surface area is 138 Å². The number of hydrogen-bond donors (Lipinski definition) is 2.